The summed E-state index contributed by atoms with van der Waals surface area (Å²) >= 11 is 3.42. The Morgan fingerprint density at radius 2 is 1.11 bits per heavy atom. The van der Waals surface area contributed by atoms with Crippen molar-refractivity contribution >= 4 is 33.6 Å². The second kappa shape index (κ2) is 13.2. The van der Waals surface area contributed by atoms with E-state index in [-0.39, 0.29) is 0 Å². The first-order chi connectivity index (χ1) is 18.3. The summed E-state index contributed by atoms with van der Waals surface area (Å²) < 4.78 is 20.2. The number of nitrogens with two attached hydrogens (primary N) is 1. The summed E-state index contributed by atoms with van der Waals surface area (Å²) in [7, 11) is 5.88. The Hall–Kier alpha value is -4.44. The number of carbonyl (C=O) groups excluding carboxylic acids is 2. The van der Waals surface area contributed by atoms with Crippen molar-refractivity contribution in [3.05, 3.63) is 88.7 Å². The maximum absolute atomic E-state index is 11.4. The van der Waals surface area contributed by atoms with Gasteiger partial charge in [0.1, 0.15) is 11.5 Å². The Morgan fingerprint density at radius 1 is 0.684 bits per heavy atom. The lowest BCUT2D eigenvalue weighted by Gasteiger charge is -2.07. The smallest absolute Gasteiger partial charge is 0.339 e. The number of methoxy groups -OCH3 is 4. The first-order valence-corrected chi connectivity index (χ1v) is 12.0. The fraction of sp³-hybridized carbons (Fsp3) is 0.143. The molecule has 38 heavy (non-hydrogen) atoms. The molecule has 9 nitrogen and oxygen atoms in total. The minimum absolute atomic E-state index is 0.331. The molecule has 0 saturated heterocycles. The van der Waals surface area contributed by atoms with Crippen LogP contribution in [-0.4, -0.2) is 50.3 Å². The second-order valence-corrected chi connectivity index (χ2v) is 8.51. The molecule has 0 radical (unpaired) electrons. The van der Waals surface area contributed by atoms with Crippen LogP contribution in [0.25, 0.3) is 22.5 Å². The van der Waals surface area contributed by atoms with Crippen molar-refractivity contribution in [2.45, 2.75) is 0 Å². The van der Waals surface area contributed by atoms with Gasteiger partial charge in [0.2, 0.25) is 0 Å². The van der Waals surface area contributed by atoms with Crippen LogP contribution in [0, 0.1) is 0 Å². The van der Waals surface area contributed by atoms with Gasteiger partial charge in [-0.25, -0.2) is 9.59 Å². The number of carbonyl (C=O) groups is 2. The molecule has 0 aliphatic carbocycles. The second-order valence-electron chi connectivity index (χ2n) is 7.66. The van der Waals surface area contributed by atoms with Crippen LogP contribution in [0.5, 0.6) is 11.5 Å². The van der Waals surface area contributed by atoms with Crippen LogP contribution in [0.1, 0.15) is 20.7 Å². The molecule has 0 aliphatic heterocycles. The lowest BCUT2D eigenvalue weighted by molar-refractivity contribution is 0.0591. The zero-order chi connectivity index (χ0) is 27.7. The summed E-state index contributed by atoms with van der Waals surface area (Å²) in [6.45, 7) is 0. The lowest BCUT2D eigenvalue weighted by atomic mass is 10.1. The highest BCUT2D eigenvalue weighted by Crippen LogP contribution is 2.28. The van der Waals surface area contributed by atoms with Crippen molar-refractivity contribution in [1.29, 1.82) is 0 Å². The van der Waals surface area contributed by atoms with Gasteiger partial charge in [-0.2, -0.15) is 0 Å². The maximum atomic E-state index is 11.4. The molecule has 196 valence electrons. The number of pyridine rings is 2. The van der Waals surface area contributed by atoms with Gasteiger partial charge < -0.3 is 24.7 Å². The van der Waals surface area contributed by atoms with Crippen molar-refractivity contribution in [1.82, 2.24) is 9.97 Å². The van der Waals surface area contributed by atoms with Gasteiger partial charge in [-0.3, -0.25) is 9.97 Å². The van der Waals surface area contributed by atoms with E-state index in [1.165, 1.54) is 26.6 Å². The van der Waals surface area contributed by atoms with E-state index in [1.807, 2.05) is 48.5 Å². The molecule has 2 heterocycles. The zero-order valence-electron chi connectivity index (χ0n) is 21.2. The molecule has 0 saturated carbocycles. The van der Waals surface area contributed by atoms with Crippen LogP contribution in [0.4, 0.5) is 5.69 Å². The highest BCUT2D eigenvalue weighted by Gasteiger charge is 2.12. The third kappa shape index (κ3) is 6.86. The topological polar surface area (TPSA) is 123 Å². The van der Waals surface area contributed by atoms with Gasteiger partial charge in [-0.15, -0.1) is 0 Å². The van der Waals surface area contributed by atoms with E-state index >= 15 is 0 Å². The minimum Gasteiger partial charge on any atom is -0.497 e. The van der Waals surface area contributed by atoms with E-state index in [0.29, 0.717) is 22.5 Å². The standard InChI is InChI=1S/C14H12BrNO3.C14H14N2O3/c2*1-18-11-5-3-9(4-6-11)13-12(15)7-10(8-16-13)14(17)19-2/h3-8H,1-2H3;3-8H,15H2,1-2H3. The summed E-state index contributed by atoms with van der Waals surface area (Å²) in [4.78, 5) is 31.3. The fourth-order valence-corrected chi connectivity index (χ4v) is 3.91. The van der Waals surface area contributed by atoms with Crippen LogP contribution in [-0.2, 0) is 9.47 Å². The molecule has 0 fully saturated rings. The minimum atomic E-state index is -0.458. The number of halogens is 1. The van der Waals surface area contributed by atoms with Crippen LogP contribution in [0.15, 0.2) is 77.5 Å². The Labute approximate surface area is 228 Å². The molecule has 0 aliphatic rings. The molecule has 4 aromatic rings. The molecule has 0 spiro atoms. The molecule has 0 bridgehead atoms. The molecule has 2 aromatic carbocycles. The predicted octanol–water partition coefficient (Wildman–Crippen LogP) is 5.43. The van der Waals surface area contributed by atoms with Crippen LogP contribution < -0.4 is 15.2 Å². The number of aromatic nitrogens is 2. The maximum Gasteiger partial charge on any atom is 0.339 e. The summed E-state index contributed by atoms with van der Waals surface area (Å²) in [5, 5.41) is 0. The highest BCUT2D eigenvalue weighted by atomic mass is 79.9. The van der Waals surface area contributed by atoms with Gasteiger partial charge in [0.05, 0.1) is 56.6 Å². The molecule has 10 heteroatoms. The van der Waals surface area contributed by atoms with E-state index in [0.717, 1.165) is 32.8 Å². The van der Waals surface area contributed by atoms with Crippen LogP contribution >= 0.6 is 15.9 Å². The van der Waals surface area contributed by atoms with Gasteiger partial charge in [-0.05, 0) is 76.6 Å². The van der Waals surface area contributed by atoms with Crippen molar-refractivity contribution in [2.75, 3.05) is 34.2 Å². The van der Waals surface area contributed by atoms with Gasteiger partial charge in [0.25, 0.3) is 0 Å². The molecule has 4 rings (SSSR count). The Bertz CT molecular complexity index is 1300. The molecular weight excluding hydrogens is 554 g/mol. The fourth-order valence-electron chi connectivity index (χ4n) is 3.33. The zero-order valence-corrected chi connectivity index (χ0v) is 22.8. The van der Waals surface area contributed by atoms with E-state index in [2.05, 4.69) is 35.4 Å². The quantitative estimate of drug-likeness (QED) is 0.297. The third-order valence-electron chi connectivity index (χ3n) is 5.33. The molecule has 0 atom stereocenters. The molecule has 2 aromatic heterocycles. The number of anilines is 1. The normalized spacial score (nSPS) is 10.0. The Kier molecular flexibility index (Phi) is 9.78. The number of nitrogens with zero attached hydrogens (tertiary/aromatic N) is 2. The first kappa shape index (κ1) is 28.1. The first-order valence-electron chi connectivity index (χ1n) is 11.2. The average Bonchev–Trinajstić information content (AvgIpc) is 2.96. The van der Waals surface area contributed by atoms with Crippen LogP contribution in [0.2, 0.25) is 0 Å². The van der Waals surface area contributed by atoms with Crippen molar-refractivity contribution in [3.63, 3.8) is 0 Å². The number of esters is 2. The van der Waals surface area contributed by atoms with Gasteiger partial charge in [0, 0.05) is 28.0 Å². The molecular formula is C28H26BrN3O6. The summed E-state index contributed by atoms with van der Waals surface area (Å²) in [5.41, 5.74) is 10.2. The number of rotatable bonds is 6. The Balaban J connectivity index is 0.000000211. The number of nitrogen functional groups attached to an aromatic ring is 1. The van der Waals surface area contributed by atoms with Gasteiger partial charge in [-0.1, -0.05) is 0 Å². The van der Waals surface area contributed by atoms with Crippen molar-refractivity contribution < 1.29 is 28.5 Å². The number of hydrogen-bond donors (Lipinski definition) is 1. The summed E-state index contributed by atoms with van der Waals surface area (Å²) in [5.74, 6) is 0.675. The van der Waals surface area contributed by atoms with E-state index in [1.54, 1.807) is 26.4 Å². The predicted molar refractivity (Wildman–Crippen MR) is 147 cm³/mol. The molecule has 0 amide bonds. The van der Waals surface area contributed by atoms with Crippen LogP contribution in [0.3, 0.4) is 0 Å². The third-order valence-corrected chi connectivity index (χ3v) is 5.93. The number of benzene rings is 2. The summed E-state index contributed by atoms with van der Waals surface area (Å²) in [6, 6.07) is 18.1. The molecule has 0 unspecified atom stereocenters. The van der Waals surface area contributed by atoms with Gasteiger partial charge in [0.15, 0.2) is 0 Å². The highest BCUT2D eigenvalue weighted by molar-refractivity contribution is 9.10. The summed E-state index contributed by atoms with van der Waals surface area (Å²) in [6.07, 6.45) is 2.94. The average molecular weight is 580 g/mol. The number of hydrogen-bond acceptors (Lipinski definition) is 9. The largest absolute Gasteiger partial charge is 0.497 e. The van der Waals surface area contributed by atoms with E-state index in [4.69, 9.17) is 15.2 Å². The van der Waals surface area contributed by atoms with Gasteiger partial charge >= 0.3 is 11.9 Å². The van der Waals surface area contributed by atoms with E-state index in [9.17, 15) is 9.59 Å². The monoisotopic (exact) mass is 579 g/mol. The number of ether oxygens (including phenoxy) is 4. The Morgan fingerprint density at radius 3 is 1.50 bits per heavy atom. The lowest BCUT2D eigenvalue weighted by Crippen LogP contribution is -2.04. The van der Waals surface area contributed by atoms with E-state index < -0.39 is 11.9 Å². The van der Waals surface area contributed by atoms with Crippen molar-refractivity contribution in [3.8, 4) is 34.0 Å². The SMILES string of the molecule is COC(=O)c1cnc(-c2ccc(OC)cc2)c(Br)c1.COC(=O)c1cnc(-c2ccc(OC)cc2)c(N)c1. The molecule has 2 N–H and O–H groups in total. The van der Waals surface area contributed by atoms with Crippen molar-refractivity contribution in [2.24, 2.45) is 0 Å².